The van der Waals surface area contributed by atoms with E-state index in [4.69, 9.17) is 21.3 Å². The van der Waals surface area contributed by atoms with Gasteiger partial charge in [0.1, 0.15) is 5.82 Å². The van der Waals surface area contributed by atoms with E-state index in [0.717, 1.165) is 47.4 Å². The molecule has 1 amide bonds. The first-order chi connectivity index (χ1) is 12.6. The number of anilines is 1. The third-order valence-corrected chi connectivity index (χ3v) is 5.13. The van der Waals surface area contributed by atoms with Crippen molar-refractivity contribution in [1.29, 1.82) is 0 Å². The highest BCUT2D eigenvalue weighted by molar-refractivity contribution is 9.10. The Kier molecular flexibility index (Phi) is 6.69. The number of rotatable bonds is 6. The van der Waals surface area contributed by atoms with Crippen LogP contribution in [0.4, 0.5) is 5.82 Å². The Morgan fingerprint density at radius 3 is 2.81 bits per heavy atom. The van der Waals surface area contributed by atoms with E-state index in [1.54, 1.807) is 7.11 Å². The number of carbonyl (C=O) groups is 1. The summed E-state index contributed by atoms with van der Waals surface area (Å²) in [4.78, 5) is 21.0. The molecule has 1 aliphatic rings. The van der Waals surface area contributed by atoms with Crippen molar-refractivity contribution >= 4 is 50.2 Å². The van der Waals surface area contributed by atoms with Gasteiger partial charge in [0.2, 0.25) is 5.91 Å². The maximum absolute atomic E-state index is 11.9. The normalized spacial score (nSPS) is 15.4. The second-order valence-corrected chi connectivity index (χ2v) is 7.56. The molecule has 1 N–H and O–H groups in total. The number of amides is 1. The Morgan fingerprint density at radius 1 is 1.31 bits per heavy atom. The maximum Gasteiger partial charge on any atom is 0.234 e. The lowest BCUT2D eigenvalue weighted by molar-refractivity contribution is -0.122. The van der Waals surface area contributed by atoms with Crippen LogP contribution in [0.2, 0.25) is 5.02 Å². The van der Waals surface area contributed by atoms with Crippen molar-refractivity contribution in [3.63, 3.8) is 0 Å². The highest BCUT2D eigenvalue weighted by atomic mass is 79.9. The van der Waals surface area contributed by atoms with E-state index in [9.17, 15) is 4.79 Å². The molecule has 1 aromatic heterocycles. The molecule has 0 radical (unpaired) electrons. The van der Waals surface area contributed by atoms with Crippen LogP contribution in [0, 0.1) is 0 Å². The standard InChI is InChI=1S/C18H22BrClN4O2/c1-26-9-4-21-17(25)12-23-5-7-24(8-6-23)16-3-2-13-10-14(19)11-15(20)18(13)22-16/h2-3,10-11H,4-9,12H2,1H3,(H,21,25). The second-order valence-electron chi connectivity index (χ2n) is 6.23. The minimum Gasteiger partial charge on any atom is -0.383 e. The predicted molar refractivity (Wildman–Crippen MR) is 108 cm³/mol. The van der Waals surface area contributed by atoms with Crippen LogP contribution in [0.5, 0.6) is 0 Å². The Balaban J connectivity index is 1.58. The van der Waals surface area contributed by atoms with Gasteiger partial charge in [0, 0.05) is 49.7 Å². The smallest absolute Gasteiger partial charge is 0.234 e. The third kappa shape index (κ3) is 4.85. The third-order valence-electron chi connectivity index (χ3n) is 4.39. The van der Waals surface area contributed by atoms with Gasteiger partial charge in [-0.2, -0.15) is 0 Å². The van der Waals surface area contributed by atoms with E-state index in [0.29, 0.717) is 24.7 Å². The number of hydrogen-bond acceptors (Lipinski definition) is 5. The highest BCUT2D eigenvalue weighted by Gasteiger charge is 2.20. The summed E-state index contributed by atoms with van der Waals surface area (Å²) in [6, 6.07) is 7.95. The number of benzene rings is 1. The quantitative estimate of drug-likeness (QED) is 0.698. The molecule has 1 saturated heterocycles. The van der Waals surface area contributed by atoms with Gasteiger partial charge in [-0.1, -0.05) is 27.5 Å². The molecule has 0 aliphatic carbocycles. The average Bonchev–Trinajstić information content (AvgIpc) is 2.62. The van der Waals surface area contributed by atoms with Crippen molar-refractivity contribution in [3.8, 4) is 0 Å². The van der Waals surface area contributed by atoms with Crippen molar-refractivity contribution in [2.24, 2.45) is 0 Å². The van der Waals surface area contributed by atoms with Gasteiger partial charge in [-0.25, -0.2) is 4.98 Å². The van der Waals surface area contributed by atoms with Crippen LogP contribution in [0.15, 0.2) is 28.7 Å². The van der Waals surface area contributed by atoms with Crippen molar-refractivity contribution < 1.29 is 9.53 Å². The van der Waals surface area contributed by atoms with Crippen molar-refractivity contribution in [2.75, 3.05) is 57.9 Å². The number of nitrogens with zero attached hydrogens (tertiary/aromatic N) is 3. The number of methoxy groups -OCH3 is 1. The molecular formula is C18H22BrClN4O2. The number of aromatic nitrogens is 1. The zero-order valence-electron chi connectivity index (χ0n) is 14.7. The first kappa shape index (κ1) is 19.4. The van der Waals surface area contributed by atoms with Gasteiger partial charge < -0.3 is 15.0 Å². The lowest BCUT2D eigenvalue weighted by Gasteiger charge is -2.35. The predicted octanol–water partition coefficient (Wildman–Crippen LogP) is 2.54. The molecule has 0 bridgehead atoms. The van der Waals surface area contributed by atoms with Crippen LogP contribution in [-0.4, -0.2) is 68.8 Å². The van der Waals surface area contributed by atoms with E-state index >= 15 is 0 Å². The van der Waals surface area contributed by atoms with Crippen molar-refractivity contribution in [1.82, 2.24) is 15.2 Å². The summed E-state index contributed by atoms with van der Waals surface area (Å²) < 4.78 is 5.88. The summed E-state index contributed by atoms with van der Waals surface area (Å²) >= 11 is 9.79. The lowest BCUT2D eigenvalue weighted by atomic mass is 10.2. The Morgan fingerprint density at radius 2 is 2.08 bits per heavy atom. The molecule has 0 atom stereocenters. The fourth-order valence-corrected chi connectivity index (χ4v) is 3.89. The Labute approximate surface area is 166 Å². The molecule has 2 aromatic rings. The van der Waals surface area contributed by atoms with Crippen LogP contribution in [-0.2, 0) is 9.53 Å². The van der Waals surface area contributed by atoms with Gasteiger partial charge in [-0.05, 0) is 24.3 Å². The first-order valence-electron chi connectivity index (χ1n) is 8.55. The molecule has 26 heavy (non-hydrogen) atoms. The van der Waals surface area contributed by atoms with Crippen LogP contribution < -0.4 is 10.2 Å². The summed E-state index contributed by atoms with van der Waals surface area (Å²) in [7, 11) is 1.62. The number of halogens is 2. The minimum atomic E-state index is 0.0386. The fraction of sp³-hybridized carbons (Fsp3) is 0.444. The van der Waals surface area contributed by atoms with Crippen LogP contribution in [0.25, 0.3) is 10.9 Å². The average molecular weight is 442 g/mol. The van der Waals surface area contributed by atoms with Gasteiger partial charge in [-0.3, -0.25) is 9.69 Å². The molecule has 0 spiro atoms. The van der Waals surface area contributed by atoms with E-state index in [2.05, 4.69) is 31.0 Å². The van der Waals surface area contributed by atoms with Crippen LogP contribution in [0.1, 0.15) is 0 Å². The van der Waals surface area contributed by atoms with E-state index in [1.807, 2.05) is 24.3 Å². The van der Waals surface area contributed by atoms with Crippen molar-refractivity contribution in [2.45, 2.75) is 0 Å². The Hall–Kier alpha value is -1.41. The molecule has 1 aliphatic heterocycles. The van der Waals surface area contributed by atoms with E-state index in [1.165, 1.54) is 0 Å². The summed E-state index contributed by atoms with van der Waals surface area (Å²) in [6.45, 7) is 4.81. The largest absolute Gasteiger partial charge is 0.383 e. The molecule has 3 rings (SSSR count). The van der Waals surface area contributed by atoms with Crippen LogP contribution >= 0.6 is 27.5 Å². The number of ether oxygens (including phenoxy) is 1. The minimum absolute atomic E-state index is 0.0386. The number of hydrogen-bond donors (Lipinski definition) is 1. The zero-order valence-corrected chi connectivity index (χ0v) is 17.0. The van der Waals surface area contributed by atoms with E-state index < -0.39 is 0 Å². The number of piperazine rings is 1. The summed E-state index contributed by atoms with van der Waals surface area (Å²) in [5.41, 5.74) is 0.812. The molecule has 0 saturated carbocycles. The molecular weight excluding hydrogens is 420 g/mol. The summed E-state index contributed by atoms with van der Waals surface area (Å²) in [5, 5.41) is 4.51. The van der Waals surface area contributed by atoms with E-state index in [-0.39, 0.29) is 5.91 Å². The van der Waals surface area contributed by atoms with Gasteiger partial charge >= 0.3 is 0 Å². The number of nitrogens with one attached hydrogen (secondary N) is 1. The van der Waals surface area contributed by atoms with Gasteiger partial charge in [-0.15, -0.1) is 0 Å². The molecule has 2 heterocycles. The molecule has 0 unspecified atom stereocenters. The van der Waals surface area contributed by atoms with Crippen LogP contribution in [0.3, 0.4) is 0 Å². The van der Waals surface area contributed by atoms with Gasteiger partial charge in [0.05, 0.1) is 23.7 Å². The molecule has 140 valence electrons. The summed E-state index contributed by atoms with van der Waals surface area (Å²) in [5.74, 6) is 0.961. The lowest BCUT2D eigenvalue weighted by Crippen LogP contribution is -2.50. The molecule has 6 nitrogen and oxygen atoms in total. The number of fused-ring (bicyclic) bond motifs is 1. The number of carbonyl (C=O) groups excluding carboxylic acids is 1. The van der Waals surface area contributed by atoms with Gasteiger partial charge in [0.15, 0.2) is 0 Å². The van der Waals surface area contributed by atoms with Crippen molar-refractivity contribution in [3.05, 3.63) is 33.8 Å². The number of pyridine rings is 1. The fourth-order valence-electron chi connectivity index (χ4n) is 3.01. The summed E-state index contributed by atoms with van der Waals surface area (Å²) in [6.07, 6.45) is 0. The Bertz CT molecular complexity index is 781. The molecule has 8 heteroatoms. The first-order valence-corrected chi connectivity index (χ1v) is 9.72. The maximum atomic E-state index is 11.9. The molecule has 1 aromatic carbocycles. The monoisotopic (exact) mass is 440 g/mol. The SMILES string of the molecule is COCCNC(=O)CN1CCN(c2ccc3cc(Br)cc(Cl)c3n2)CC1. The highest BCUT2D eigenvalue weighted by Crippen LogP contribution is 2.28. The molecule has 1 fully saturated rings. The zero-order chi connectivity index (χ0) is 18.5. The van der Waals surface area contributed by atoms with Gasteiger partial charge in [0.25, 0.3) is 0 Å². The second kappa shape index (κ2) is 8.99. The topological polar surface area (TPSA) is 57.7 Å².